The number of rotatable bonds is 3. The summed E-state index contributed by atoms with van der Waals surface area (Å²) in [7, 11) is 0. The topological polar surface area (TPSA) is 52.3 Å². The van der Waals surface area contributed by atoms with E-state index in [1.165, 1.54) is 0 Å². The molecule has 2 aromatic carbocycles. The number of carbonyl (C=O) groups is 1. The van der Waals surface area contributed by atoms with Crippen molar-refractivity contribution in [1.29, 1.82) is 0 Å². The summed E-state index contributed by atoms with van der Waals surface area (Å²) in [6.45, 7) is 1.64. The van der Waals surface area contributed by atoms with Gasteiger partial charge in [0.05, 0.1) is 5.02 Å². The Labute approximate surface area is 142 Å². The zero-order valence-electron chi connectivity index (χ0n) is 12.0. The molecule has 1 aromatic heterocycles. The van der Waals surface area contributed by atoms with Gasteiger partial charge in [-0.15, -0.1) is 0 Å². The first-order valence-electron chi connectivity index (χ1n) is 6.75. The second-order valence-corrected chi connectivity index (χ2v) is 5.63. The number of hydrogen-bond acceptors (Lipinski definition) is 4. The van der Waals surface area contributed by atoms with Gasteiger partial charge < -0.3 is 9.26 Å². The second-order valence-electron chi connectivity index (χ2n) is 4.79. The van der Waals surface area contributed by atoms with Crippen LogP contribution in [-0.2, 0) is 0 Å². The van der Waals surface area contributed by atoms with Gasteiger partial charge in [0.25, 0.3) is 0 Å². The van der Waals surface area contributed by atoms with Crippen LogP contribution in [0.15, 0.2) is 53.1 Å². The second kappa shape index (κ2) is 6.44. The van der Waals surface area contributed by atoms with Gasteiger partial charge in [0.1, 0.15) is 22.8 Å². The van der Waals surface area contributed by atoms with Crippen molar-refractivity contribution in [1.82, 2.24) is 5.16 Å². The molecule has 0 bridgehead atoms. The van der Waals surface area contributed by atoms with E-state index in [2.05, 4.69) is 5.16 Å². The highest BCUT2D eigenvalue weighted by atomic mass is 35.5. The van der Waals surface area contributed by atoms with Crippen molar-refractivity contribution in [3.63, 3.8) is 0 Å². The van der Waals surface area contributed by atoms with Crippen LogP contribution in [-0.4, -0.2) is 11.1 Å². The van der Waals surface area contributed by atoms with E-state index in [1.54, 1.807) is 55.5 Å². The van der Waals surface area contributed by atoms with Crippen LogP contribution >= 0.6 is 23.2 Å². The van der Waals surface area contributed by atoms with Crippen molar-refractivity contribution in [3.05, 3.63) is 69.9 Å². The Morgan fingerprint density at radius 1 is 1.09 bits per heavy atom. The van der Waals surface area contributed by atoms with Crippen LogP contribution in [0.3, 0.4) is 0 Å². The smallest absolute Gasteiger partial charge is 0.349 e. The first-order chi connectivity index (χ1) is 11.1. The Morgan fingerprint density at radius 2 is 1.78 bits per heavy atom. The lowest BCUT2D eigenvalue weighted by Gasteiger charge is -2.06. The number of ether oxygens (including phenoxy) is 1. The highest BCUT2D eigenvalue weighted by Gasteiger charge is 2.24. The van der Waals surface area contributed by atoms with Crippen LogP contribution in [0.5, 0.6) is 5.75 Å². The van der Waals surface area contributed by atoms with Gasteiger partial charge in [-0.05, 0) is 37.3 Å². The van der Waals surface area contributed by atoms with Crippen molar-refractivity contribution in [2.75, 3.05) is 0 Å². The average Bonchev–Trinajstić information content (AvgIpc) is 2.91. The standard InChI is InChI=1S/C17H11Cl2NO3/c1-10-15(17(21)22-12-8-6-11(18)7-9-12)16(20-23-10)13-4-2-3-5-14(13)19/h2-9H,1H3. The summed E-state index contributed by atoms with van der Waals surface area (Å²) in [4.78, 5) is 12.5. The minimum absolute atomic E-state index is 0.244. The van der Waals surface area contributed by atoms with Gasteiger partial charge in [-0.1, -0.05) is 46.6 Å². The summed E-state index contributed by atoms with van der Waals surface area (Å²) in [5, 5.41) is 4.97. The van der Waals surface area contributed by atoms with Crippen LogP contribution in [0.25, 0.3) is 11.3 Å². The minimum Gasteiger partial charge on any atom is -0.423 e. The van der Waals surface area contributed by atoms with Crippen LogP contribution in [0.4, 0.5) is 0 Å². The summed E-state index contributed by atoms with van der Waals surface area (Å²) < 4.78 is 10.5. The first kappa shape index (κ1) is 15.6. The normalized spacial score (nSPS) is 10.6. The molecule has 0 amide bonds. The summed E-state index contributed by atoms with van der Waals surface area (Å²) in [6.07, 6.45) is 0. The fraction of sp³-hybridized carbons (Fsp3) is 0.0588. The first-order valence-corrected chi connectivity index (χ1v) is 7.51. The molecule has 6 heteroatoms. The number of nitrogens with zero attached hydrogens (tertiary/aromatic N) is 1. The van der Waals surface area contributed by atoms with Gasteiger partial charge in [-0.2, -0.15) is 0 Å². The number of hydrogen-bond donors (Lipinski definition) is 0. The largest absolute Gasteiger partial charge is 0.423 e. The van der Waals surface area contributed by atoms with E-state index < -0.39 is 5.97 Å². The van der Waals surface area contributed by atoms with Crippen molar-refractivity contribution in [3.8, 4) is 17.0 Å². The Morgan fingerprint density at radius 3 is 2.48 bits per heavy atom. The number of aryl methyl sites for hydroxylation is 1. The number of aromatic nitrogens is 1. The lowest BCUT2D eigenvalue weighted by Crippen LogP contribution is -2.10. The number of benzene rings is 2. The SMILES string of the molecule is Cc1onc(-c2ccccc2Cl)c1C(=O)Oc1ccc(Cl)cc1. The lowest BCUT2D eigenvalue weighted by molar-refractivity contribution is 0.0733. The van der Waals surface area contributed by atoms with Crippen molar-refractivity contribution < 1.29 is 14.1 Å². The Balaban J connectivity index is 1.97. The number of halogens is 2. The maximum atomic E-state index is 12.5. The molecule has 0 spiro atoms. The Bertz CT molecular complexity index is 857. The van der Waals surface area contributed by atoms with Gasteiger partial charge in [0.2, 0.25) is 0 Å². The van der Waals surface area contributed by atoms with Crippen molar-refractivity contribution in [2.24, 2.45) is 0 Å². The number of carbonyl (C=O) groups excluding carboxylic acids is 1. The molecular weight excluding hydrogens is 337 g/mol. The maximum Gasteiger partial charge on any atom is 0.349 e. The molecule has 3 rings (SSSR count). The molecular formula is C17H11Cl2NO3. The van der Waals surface area contributed by atoms with E-state index in [4.69, 9.17) is 32.5 Å². The lowest BCUT2D eigenvalue weighted by atomic mass is 10.1. The van der Waals surface area contributed by atoms with E-state index in [-0.39, 0.29) is 5.56 Å². The van der Waals surface area contributed by atoms with Gasteiger partial charge in [0.15, 0.2) is 0 Å². The highest BCUT2D eigenvalue weighted by Crippen LogP contribution is 2.31. The highest BCUT2D eigenvalue weighted by molar-refractivity contribution is 6.33. The number of esters is 1. The fourth-order valence-corrected chi connectivity index (χ4v) is 2.46. The molecule has 23 heavy (non-hydrogen) atoms. The summed E-state index contributed by atoms with van der Waals surface area (Å²) >= 11 is 12.0. The molecule has 0 saturated heterocycles. The van der Waals surface area contributed by atoms with Gasteiger partial charge in [0, 0.05) is 10.6 Å². The summed E-state index contributed by atoms with van der Waals surface area (Å²) in [6, 6.07) is 13.6. The van der Waals surface area contributed by atoms with E-state index in [0.717, 1.165) is 0 Å². The maximum absolute atomic E-state index is 12.5. The van der Waals surface area contributed by atoms with E-state index >= 15 is 0 Å². The summed E-state index contributed by atoms with van der Waals surface area (Å²) in [5.41, 5.74) is 1.20. The predicted molar refractivity (Wildman–Crippen MR) is 88.1 cm³/mol. The van der Waals surface area contributed by atoms with Crippen molar-refractivity contribution in [2.45, 2.75) is 6.92 Å². The van der Waals surface area contributed by atoms with E-state index in [0.29, 0.717) is 32.8 Å². The Hall–Kier alpha value is -2.30. The molecule has 1 heterocycles. The molecule has 0 unspecified atom stereocenters. The molecule has 4 nitrogen and oxygen atoms in total. The predicted octanol–water partition coefficient (Wildman–Crippen LogP) is 5.18. The minimum atomic E-state index is -0.569. The third kappa shape index (κ3) is 3.23. The van der Waals surface area contributed by atoms with Crippen LogP contribution < -0.4 is 4.74 Å². The molecule has 0 atom stereocenters. The van der Waals surface area contributed by atoms with Crippen LogP contribution in [0, 0.1) is 6.92 Å². The van der Waals surface area contributed by atoms with Crippen LogP contribution in [0.2, 0.25) is 10.0 Å². The van der Waals surface area contributed by atoms with Gasteiger partial charge in [-0.3, -0.25) is 0 Å². The molecule has 116 valence electrons. The zero-order valence-corrected chi connectivity index (χ0v) is 13.6. The Kier molecular flexibility index (Phi) is 4.37. The van der Waals surface area contributed by atoms with Gasteiger partial charge in [-0.25, -0.2) is 4.79 Å². The zero-order chi connectivity index (χ0) is 16.4. The molecule has 0 saturated carbocycles. The third-order valence-corrected chi connectivity index (χ3v) is 3.80. The molecule has 0 N–H and O–H groups in total. The van der Waals surface area contributed by atoms with E-state index in [1.807, 2.05) is 0 Å². The quantitative estimate of drug-likeness (QED) is 0.484. The molecule has 0 radical (unpaired) electrons. The van der Waals surface area contributed by atoms with Crippen LogP contribution in [0.1, 0.15) is 16.1 Å². The molecule has 0 aliphatic heterocycles. The summed E-state index contributed by atoms with van der Waals surface area (Å²) in [5.74, 6) is 0.171. The molecule has 0 fully saturated rings. The average molecular weight is 348 g/mol. The molecule has 0 aliphatic carbocycles. The van der Waals surface area contributed by atoms with Crippen molar-refractivity contribution >= 4 is 29.2 Å². The fourth-order valence-electron chi connectivity index (χ4n) is 2.11. The molecule has 3 aromatic rings. The van der Waals surface area contributed by atoms with E-state index in [9.17, 15) is 4.79 Å². The third-order valence-electron chi connectivity index (χ3n) is 3.22. The molecule has 0 aliphatic rings. The van der Waals surface area contributed by atoms with Gasteiger partial charge >= 0.3 is 5.97 Å². The monoisotopic (exact) mass is 347 g/mol.